The Morgan fingerprint density at radius 3 is 2.04 bits per heavy atom. The molecule has 3 aromatic rings. The largest absolute Gasteiger partial charge is 0.348 e. The Morgan fingerprint density at radius 2 is 1.39 bits per heavy atom. The van der Waals surface area contributed by atoms with Crippen LogP contribution in [-0.4, -0.2) is 5.91 Å². The van der Waals surface area contributed by atoms with E-state index in [9.17, 15) is 4.79 Å². The van der Waals surface area contributed by atoms with Gasteiger partial charge in [0.25, 0.3) is 5.91 Å². The van der Waals surface area contributed by atoms with Gasteiger partial charge >= 0.3 is 0 Å². The molecule has 0 fully saturated rings. The first kappa shape index (κ1) is 15.0. The van der Waals surface area contributed by atoms with E-state index in [0.717, 1.165) is 16.7 Å². The van der Waals surface area contributed by atoms with Gasteiger partial charge in [0, 0.05) is 12.1 Å². The van der Waals surface area contributed by atoms with Crippen LogP contribution in [0.1, 0.15) is 21.5 Å². The molecule has 0 radical (unpaired) electrons. The third-order valence-electron chi connectivity index (χ3n) is 3.83. The molecule has 0 saturated carbocycles. The summed E-state index contributed by atoms with van der Waals surface area (Å²) >= 11 is 0. The van der Waals surface area contributed by atoms with Crippen molar-refractivity contribution in [3.8, 4) is 11.1 Å². The van der Waals surface area contributed by atoms with Crippen molar-refractivity contribution in [3.63, 3.8) is 0 Å². The first-order chi connectivity index (χ1) is 11.2. The number of hydrogen-bond donors (Lipinski definition) is 1. The van der Waals surface area contributed by atoms with Crippen molar-refractivity contribution in [2.24, 2.45) is 0 Å². The second-order valence-corrected chi connectivity index (χ2v) is 5.61. The normalized spacial score (nSPS) is 10.3. The lowest BCUT2D eigenvalue weighted by Crippen LogP contribution is -2.22. The molecular weight excluding hydrogens is 282 g/mol. The summed E-state index contributed by atoms with van der Waals surface area (Å²) in [5.41, 5.74) is 5.26. The molecule has 0 heterocycles. The molecule has 1 amide bonds. The Labute approximate surface area is 136 Å². The summed E-state index contributed by atoms with van der Waals surface area (Å²) in [6.45, 7) is 2.59. The van der Waals surface area contributed by atoms with Crippen LogP contribution in [0.3, 0.4) is 0 Å². The highest BCUT2D eigenvalue weighted by Crippen LogP contribution is 2.19. The van der Waals surface area contributed by atoms with Crippen LogP contribution >= 0.6 is 0 Å². The van der Waals surface area contributed by atoms with Gasteiger partial charge in [-0.1, -0.05) is 72.3 Å². The van der Waals surface area contributed by atoms with Gasteiger partial charge in [-0.15, -0.1) is 0 Å². The van der Waals surface area contributed by atoms with Crippen LogP contribution in [0.25, 0.3) is 11.1 Å². The lowest BCUT2D eigenvalue weighted by atomic mass is 10.0. The Balaban J connectivity index is 1.65. The highest BCUT2D eigenvalue weighted by Gasteiger charge is 2.05. The van der Waals surface area contributed by atoms with Crippen molar-refractivity contribution in [2.45, 2.75) is 13.5 Å². The molecule has 0 aliphatic heterocycles. The van der Waals surface area contributed by atoms with Crippen LogP contribution in [0.2, 0.25) is 0 Å². The molecule has 0 aliphatic rings. The van der Waals surface area contributed by atoms with Gasteiger partial charge < -0.3 is 5.32 Å². The van der Waals surface area contributed by atoms with Crippen molar-refractivity contribution in [3.05, 3.63) is 95.6 Å². The number of nitrogens with one attached hydrogen (secondary N) is 1. The Morgan fingerprint density at radius 1 is 0.783 bits per heavy atom. The number of hydrogen-bond acceptors (Lipinski definition) is 1. The lowest BCUT2D eigenvalue weighted by molar-refractivity contribution is 0.0951. The average molecular weight is 301 g/mol. The van der Waals surface area contributed by atoms with Crippen molar-refractivity contribution in [2.75, 3.05) is 0 Å². The standard InChI is InChI=1S/C21H19NO/c1-16-7-9-17(10-8-16)15-22-21(23)20-13-11-19(12-14-20)18-5-3-2-4-6-18/h2-14H,15H2,1H3,(H,22,23). The van der Waals surface area contributed by atoms with E-state index in [4.69, 9.17) is 0 Å². The SMILES string of the molecule is Cc1ccc(CNC(=O)c2ccc(-c3ccccc3)cc2)cc1. The highest BCUT2D eigenvalue weighted by atomic mass is 16.1. The van der Waals surface area contributed by atoms with Crippen LogP contribution in [0.4, 0.5) is 0 Å². The molecule has 0 bridgehead atoms. The predicted octanol–water partition coefficient (Wildman–Crippen LogP) is 4.59. The maximum Gasteiger partial charge on any atom is 0.251 e. The van der Waals surface area contributed by atoms with Crippen LogP contribution in [0, 0.1) is 6.92 Å². The fourth-order valence-corrected chi connectivity index (χ4v) is 2.43. The monoisotopic (exact) mass is 301 g/mol. The number of carbonyl (C=O) groups excluding carboxylic acids is 1. The minimum absolute atomic E-state index is 0.0508. The van der Waals surface area contributed by atoms with Gasteiger partial charge in [0.1, 0.15) is 0 Å². The molecular formula is C21H19NO. The molecule has 23 heavy (non-hydrogen) atoms. The molecule has 3 rings (SSSR count). The molecule has 0 aliphatic carbocycles. The molecule has 114 valence electrons. The molecule has 3 aromatic carbocycles. The molecule has 0 saturated heterocycles. The van der Waals surface area contributed by atoms with Crippen molar-refractivity contribution in [1.82, 2.24) is 5.32 Å². The van der Waals surface area contributed by atoms with E-state index in [0.29, 0.717) is 12.1 Å². The topological polar surface area (TPSA) is 29.1 Å². The molecule has 0 unspecified atom stereocenters. The summed E-state index contributed by atoms with van der Waals surface area (Å²) in [5.74, 6) is -0.0508. The highest BCUT2D eigenvalue weighted by molar-refractivity contribution is 5.94. The molecule has 0 spiro atoms. The fraction of sp³-hybridized carbons (Fsp3) is 0.0952. The molecule has 2 nitrogen and oxygen atoms in total. The van der Waals surface area contributed by atoms with E-state index in [1.165, 1.54) is 5.56 Å². The number of rotatable bonds is 4. The zero-order chi connectivity index (χ0) is 16.1. The summed E-state index contributed by atoms with van der Waals surface area (Å²) in [4.78, 5) is 12.2. The Bertz CT molecular complexity index is 774. The second-order valence-electron chi connectivity index (χ2n) is 5.61. The molecule has 0 atom stereocenters. The number of aryl methyl sites for hydroxylation is 1. The first-order valence-electron chi connectivity index (χ1n) is 7.71. The van der Waals surface area contributed by atoms with Crippen LogP contribution in [0.15, 0.2) is 78.9 Å². The summed E-state index contributed by atoms with van der Waals surface area (Å²) in [7, 11) is 0. The Hall–Kier alpha value is -2.87. The van der Waals surface area contributed by atoms with E-state index in [1.54, 1.807) is 0 Å². The van der Waals surface area contributed by atoms with E-state index in [1.807, 2.05) is 54.6 Å². The van der Waals surface area contributed by atoms with Crippen molar-refractivity contribution in [1.29, 1.82) is 0 Å². The average Bonchev–Trinajstić information content (AvgIpc) is 2.62. The zero-order valence-electron chi connectivity index (χ0n) is 13.1. The summed E-state index contributed by atoms with van der Waals surface area (Å²) < 4.78 is 0. The maximum absolute atomic E-state index is 12.2. The van der Waals surface area contributed by atoms with Gasteiger partial charge in [-0.25, -0.2) is 0 Å². The second kappa shape index (κ2) is 6.93. The van der Waals surface area contributed by atoms with Crippen LogP contribution in [0.5, 0.6) is 0 Å². The quantitative estimate of drug-likeness (QED) is 0.750. The molecule has 2 heteroatoms. The first-order valence-corrected chi connectivity index (χ1v) is 7.71. The number of carbonyl (C=O) groups is 1. The van der Waals surface area contributed by atoms with Crippen molar-refractivity contribution < 1.29 is 4.79 Å². The number of amides is 1. The van der Waals surface area contributed by atoms with Crippen LogP contribution < -0.4 is 5.32 Å². The third kappa shape index (κ3) is 3.86. The number of benzene rings is 3. The van der Waals surface area contributed by atoms with Gasteiger partial charge in [0.15, 0.2) is 0 Å². The third-order valence-corrected chi connectivity index (χ3v) is 3.83. The summed E-state index contributed by atoms with van der Waals surface area (Å²) in [6, 6.07) is 26.0. The lowest BCUT2D eigenvalue weighted by Gasteiger charge is -2.07. The van der Waals surface area contributed by atoms with Crippen molar-refractivity contribution >= 4 is 5.91 Å². The predicted molar refractivity (Wildman–Crippen MR) is 94.2 cm³/mol. The summed E-state index contributed by atoms with van der Waals surface area (Å²) in [6.07, 6.45) is 0. The fourth-order valence-electron chi connectivity index (χ4n) is 2.43. The van der Waals surface area contributed by atoms with Gasteiger partial charge in [0.05, 0.1) is 0 Å². The van der Waals surface area contributed by atoms with E-state index in [2.05, 4.69) is 36.5 Å². The van der Waals surface area contributed by atoms with E-state index < -0.39 is 0 Å². The zero-order valence-corrected chi connectivity index (χ0v) is 13.1. The minimum atomic E-state index is -0.0508. The van der Waals surface area contributed by atoms with Gasteiger partial charge in [-0.2, -0.15) is 0 Å². The molecule has 0 aromatic heterocycles. The smallest absolute Gasteiger partial charge is 0.251 e. The van der Waals surface area contributed by atoms with Gasteiger partial charge in [-0.3, -0.25) is 4.79 Å². The van der Waals surface area contributed by atoms with E-state index in [-0.39, 0.29) is 5.91 Å². The van der Waals surface area contributed by atoms with Gasteiger partial charge in [-0.05, 0) is 35.7 Å². The minimum Gasteiger partial charge on any atom is -0.348 e. The van der Waals surface area contributed by atoms with Crippen LogP contribution in [-0.2, 0) is 6.54 Å². The Kier molecular flexibility index (Phi) is 4.53. The van der Waals surface area contributed by atoms with E-state index >= 15 is 0 Å². The summed E-state index contributed by atoms with van der Waals surface area (Å²) in [5, 5.41) is 2.95. The van der Waals surface area contributed by atoms with Gasteiger partial charge in [0.2, 0.25) is 0 Å². The molecule has 1 N–H and O–H groups in total. The maximum atomic E-state index is 12.2.